The molecule has 2 heterocycles. The van der Waals surface area contributed by atoms with E-state index < -0.39 is 4.92 Å². The standard InChI is InChI=1S/C11H10N4O4/c1-18-10-5-8(11(19-2)14-13-10)9-4-3-7(6-12-9)15(16)17/h3-6H,1-2H3. The quantitative estimate of drug-likeness (QED) is 0.607. The highest BCUT2D eigenvalue weighted by Gasteiger charge is 2.13. The van der Waals surface area contributed by atoms with Crippen LogP contribution >= 0.6 is 0 Å². The third-order valence-electron chi connectivity index (χ3n) is 2.37. The summed E-state index contributed by atoms with van der Waals surface area (Å²) in [6.07, 6.45) is 1.17. The monoisotopic (exact) mass is 262 g/mol. The molecular formula is C11H10N4O4. The molecule has 8 nitrogen and oxygen atoms in total. The molecule has 0 spiro atoms. The zero-order valence-electron chi connectivity index (χ0n) is 10.2. The first-order valence-electron chi connectivity index (χ1n) is 5.22. The van der Waals surface area contributed by atoms with Crippen molar-refractivity contribution in [1.29, 1.82) is 0 Å². The molecule has 0 N–H and O–H groups in total. The average molecular weight is 262 g/mol. The number of methoxy groups -OCH3 is 2. The van der Waals surface area contributed by atoms with Crippen LogP contribution < -0.4 is 9.47 Å². The molecule has 8 heteroatoms. The maximum Gasteiger partial charge on any atom is 0.287 e. The Morgan fingerprint density at radius 2 is 2.00 bits per heavy atom. The van der Waals surface area contributed by atoms with E-state index in [4.69, 9.17) is 9.47 Å². The topological polar surface area (TPSA) is 100 Å². The number of hydrogen-bond acceptors (Lipinski definition) is 7. The van der Waals surface area contributed by atoms with E-state index in [0.29, 0.717) is 17.1 Å². The molecule has 98 valence electrons. The molecule has 0 aliphatic heterocycles. The van der Waals surface area contributed by atoms with E-state index in [-0.39, 0.29) is 11.6 Å². The number of nitro groups is 1. The highest BCUT2D eigenvalue weighted by molar-refractivity contribution is 5.66. The fourth-order valence-corrected chi connectivity index (χ4v) is 1.45. The molecule has 2 aromatic rings. The van der Waals surface area contributed by atoms with Gasteiger partial charge in [0.25, 0.3) is 5.69 Å². The van der Waals surface area contributed by atoms with Crippen molar-refractivity contribution in [2.24, 2.45) is 0 Å². The lowest BCUT2D eigenvalue weighted by Gasteiger charge is -2.07. The lowest BCUT2D eigenvalue weighted by atomic mass is 10.2. The Morgan fingerprint density at radius 3 is 2.53 bits per heavy atom. The molecule has 2 rings (SSSR count). The van der Waals surface area contributed by atoms with Crippen LogP contribution in [-0.4, -0.2) is 34.3 Å². The molecular weight excluding hydrogens is 252 g/mol. The van der Waals surface area contributed by atoms with E-state index in [1.807, 2.05) is 0 Å². The lowest BCUT2D eigenvalue weighted by Crippen LogP contribution is -1.98. The highest BCUT2D eigenvalue weighted by atomic mass is 16.6. The van der Waals surface area contributed by atoms with Gasteiger partial charge in [-0.2, -0.15) is 0 Å². The van der Waals surface area contributed by atoms with Gasteiger partial charge in [0.2, 0.25) is 11.8 Å². The first kappa shape index (κ1) is 12.7. The zero-order valence-corrected chi connectivity index (χ0v) is 10.2. The Bertz CT molecular complexity index is 600. The predicted octanol–water partition coefficient (Wildman–Crippen LogP) is 1.46. The minimum Gasteiger partial charge on any atom is -0.480 e. The first-order valence-corrected chi connectivity index (χ1v) is 5.22. The van der Waals surface area contributed by atoms with Gasteiger partial charge in [-0.1, -0.05) is 0 Å². The van der Waals surface area contributed by atoms with Gasteiger partial charge in [0.15, 0.2) is 0 Å². The van der Waals surface area contributed by atoms with Crippen molar-refractivity contribution in [2.75, 3.05) is 14.2 Å². The van der Waals surface area contributed by atoms with Gasteiger partial charge in [0.05, 0.1) is 30.4 Å². The maximum atomic E-state index is 10.6. The van der Waals surface area contributed by atoms with E-state index in [2.05, 4.69) is 15.2 Å². The van der Waals surface area contributed by atoms with Crippen molar-refractivity contribution in [3.8, 4) is 23.0 Å². The Hall–Kier alpha value is -2.77. The van der Waals surface area contributed by atoms with Gasteiger partial charge in [-0.3, -0.25) is 10.1 Å². The predicted molar refractivity (Wildman–Crippen MR) is 65.0 cm³/mol. The summed E-state index contributed by atoms with van der Waals surface area (Å²) in [5.74, 6) is 0.568. The summed E-state index contributed by atoms with van der Waals surface area (Å²) in [5.41, 5.74) is 0.941. The Labute approximate surface area is 108 Å². The second kappa shape index (κ2) is 5.25. The summed E-state index contributed by atoms with van der Waals surface area (Å²) in [5, 5.41) is 18.2. The lowest BCUT2D eigenvalue weighted by molar-refractivity contribution is -0.385. The Kier molecular flexibility index (Phi) is 3.51. The molecule has 0 saturated carbocycles. The van der Waals surface area contributed by atoms with Crippen molar-refractivity contribution < 1.29 is 14.4 Å². The number of pyridine rings is 1. The molecule has 0 amide bonds. The number of hydrogen-bond donors (Lipinski definition) is 0. The summed E-state index contributed by atoms with van der Waals surface area (Å²) in [6, 6.07) is 4.46. The average Bonchev–Trinajstić information content (AvgIpc) is 2.46. The number of aromatic nitrogens is 3. The molecule has 19 heavy (non-hydrogen) atoms. The fraction of sp³-hybridized carbons (Fsp3) is 0.182. The normalized spacial score (nSPS) is 10.0. The second-order valence-electron chi connectivity index (χ2n) is 3.47. The molecule has 0 aromatic carbocycles. The molecule has 2 aromatic heterocycles. The van der Waals surface area contributed by atoms with Gasteiger partial charge in [0.1, 0.15) is 6.20 Å². The zero-order chi connectivity index (χ0) is 13.8. The minimum atomic E-state index is -0.514. The van der Waals surface area contributed by atoms with Gasteiger partial charge in [-0.15, -0.1) is 10.2 Å². The van der Waals surface area contributed by atoms with Crippen LogP contribution in [0, 0.1) is 10.1 Å². The number of rotatable bonds is 4. The number of ether oxygens (including phenoxy) is 2. The first-order chi connectivity index (χ1) is 9.15. The third kappa shape index (κ3) is 2.57. The van der Waals surface area contributed by atoms with Crippen LogP contribution in [0.15, 0.2) is 24.4 Å². The van der Waals surface area contributed by atoms with E-state index in [1.165, 1.54) is 32.5 Å². The van der Waals surface area contributed by atoms with Crippen LogP contribution in [0.5, 0.6) is 11.8 Å². The maximum absolute atomic E-state index is 10.6. The van der Waals surface area contributed by atoms with Crippen molar-refractivity contribution in [2.45, 2.75) is 0 Å². The molecule has 0 unspecified atom stereocenters. The molecule has 0 aliphatic rings. The Morgan fingerprint density at radius 1 is 1.21 bits per heavy atom. The van der Waals surface area contributed by atoms with Crippen LogP contribution in [0.1, 0.15) is 0 Å². The molecule has 0 saturated heterocycles. The smallest absolute Gasteiger partial charge is 0.287 e. The highest BCUT2D eigenvalue weighted by Crippen LogP contribution is 2.29. The fourth-order valence-electron chi connectivity index (χ4n) is 1.45. The van der Waals surface area contributed by atoms with Crippen LogP contribution in [0.4, 0.5) is 5.69 Å². The molecule has 0 bridgehead atoms. The van der Waals surface area contributed by atoms with Gasteiger partial charge < -0.3 is 9.47 Å². The van der Waals surface area contributed by atoms with Crippen molar-refractivity contribution in [1.82, 2.24) is 15.2 Å². The summed E-state index contributed by atoms with van der Waals surface area (Å²) in [7, 11) is 2.91. The number of nitrogens with zero attached hydrogens (tertiary/aromatic N) is 4. The summed E-state index contributed by atoms with van der Waals surface area (Å²) < 4.78 is 10.0. The second-order valence-corrected chi connectivity index (χ2v) is 3.47. The van der Waals surface area contributed by atoms with Crippen LogP contribution in [0.25, 0.3) is 11.3 Å². The van der Waals surface area contributed by atoms with E-state index in [0.717, 1.165) is 0 Å². The SMILES string of the molecule is COc1cc(-c2ccc([N+](=O)[O-])cn2)c(OC)nn1. The van der Waals surface area contributed by atoms with Gasteiger partial charge in [-0.25, -0.2) is 4.98 Å². The van der Waals surface area contributed by atoms with E-state index in [1.54, 1.807) is 6.07 Å². The van der Waals surface area contributed by atoms with Gasteiger partial charge >= 0.3 is 0 Å². The van der Waals surface area contributed by atoms with Crippen molar-refractivity contribution in [3.63, 3.8) is 0 Å². The minimum absolute atomic E-state index is 0.0864. The van der Waals surface area contributed by atoms with E-state index in [9.17, 15) is 10.1 Å². The van der Waals surface area contributed by atoms with Crippen molar-refractivity contribution >= 4 is 5.69 Å². The van der Waals surface area contributed by atoms with Crippen LogP contribution in [0.3, 0.4) is 0 Å². The largest absolute Gasteiger partial charge is 0.480 e. The summed E-state index contributed by atoms with van der Waals surface area (Å²) in [4.78, 5) is 14.1. The van der Waals surface area contributed by atoms with Crippen LogP contribution in [0.2, 0.25) is 0 Å². The van der Waals surface area contributed by atoms with E-state index >= 15 is 0 Å². The molecule has 0 radical (unpaired) electrons. The molecule has 0 fully saturated rings. The Balaban J connectivity index is 2.47. The van der Waals surface area contributed by atoms with Gasteiger partial charge in [0, 0.05) is 12.1 Å². The van der Waals surface area contributed by atoms with Crippen molar-refractivity contribution in [3.05, 3.63) is 34.5 Å². The summed E-state index contributed by atoms with van der Waals surface area (Å²) in [6.45, 7) is 0. The van der Waals surface area contributed by atoms with Crippen LogP contribution in [-0.2, 0) is 0 Å². The molecule has 0 atom stereocenters. The molecule has 0 aliphatic carbocycles. The third-order valence-corrected chi connectivity index (χ3v) is 2.37. The van der Waals surface area contributed by atoms with Gasteiger partial charge in [-0.05, 0) is 6.07 Å². The summed E-state index contributed by atoms with van der Waals surface area (Å²) >= 11 is 0.